The highest BCUT2D eigenvalue weighted by Crippen LogP contribution is 2.52. The van der Waals surface area contributed by atoms with Crippen molar-refractivity contribution in [3.63, 3.8) is 0 Å². The smallest absolute Gasteiger partial charge is 0.291 e. The first-order valence-electron chi connectivity index (χ1n) is 10.9. The lowest BCUT2D eigenvalue weighted by Gasteiger charge is -2.34. The fourth-order valence-corrected chi connectivity index (χ4v) is 5.24. The number of benzene rings is 3. The molecule has 6 heteroatoms. The van der Waals surface area contributed by atoms with Gasteiger partial charge in [0.2, 0.25) is 5.76 Å². The molecule has 1 unspecified atom stereocenters. The minimum Gasteiger partial charge on any atom is -0.450 e. The summed E-state index contributed by atoms with van der Waals surface area (Å²) in [6, 6.07) is 23.7. The third-order valence-corrected chi connectivity index (χ3v) is 6.64. The highest BCUT2D eigenvalue weighted by Gasteiger charge is 2.64. The Hall–Kier alpha value is -4.19. The summed E-state index contributed by atoms with van der Waals surface area (Å²) in [5.74, 6) is -0.828. The minimum absolute atomic E-state index is 0.0595. The number of anilines is 1. The maximum absolute atomic E-state index is 14.2. The summed E-state index contributed by atoms with van der Waals surface area (Å²) in [6.45, 7) is 2.46. The van der Waals surface area contributed by atoms with Crippen molar-refractivity contribution in [2.75, 3.05) is 11.4 Å². The SMILES string of the molecule is CCN1C(=O)C2(c3ccccc31)c1c(oc3ccccc3c1=O)C(=O)N2Cc1ccccc1. The van der Waals surface area contributed by atoms with Crippen molar-refractivity contribution in [1.82, 2.24) is 4.90 Å². The molecule has 0 aliphatic carbocycles. The summed E-state index contributed by atoms with van der Waals surface area (Å²) in [5.41, 5.74) is 0.707. The number of hydrogen-bond acceptors (Lipinski definition) is 4. The molecule has 0 N–H and O–H groups in total. The van der Waals surface area contributed by atoms with E-state index in [1.54, 1.807) is 29.2 Å². The molecule has 1 atom stereocenters. The van der Waals surface area contributed by atoms with Gasteiger partial charge in [-0.15, -0.1) is 0 Å². The second-order valence-corrected chi connectivity index (χ2v) is 8.29. The van der Waals surface area contributed by atoms with E-state index in [2.05, 4.69) is 0 Å². The Morgan fingerprint density at radius 1 is 0.848 bits per heavy atom. The summed E-state index contributed by atoms with van der Waals surface area (Å²) >= 11 is 0. The molecule has 0 saturated heterocycles. The first-order valence-corrected chi connectivity index (χ1v) is 10.9. The van der Waals surface area contributed by atoms with Crippen LogP contribution in [0.1, 0.15) is 34.2 Å². The molecule has 0 bridgehead atoms. The van der Waals surface area contributed by atoms with Gasteiger partial charge in [-0.05, 0) is 30.7 Å². The van der Waals surface area contributed by atoms with Gasteiger partial charge in [0.25, 0.3) is 11.8 Å². The van der Waals surface area contributed by atoms with Crippen molar-refractivity contribution in [3.05, 3.63) is 112 Å². The van der Waals surface area contributed by atoms with E-state index in [9.17, 15) is 14.4 Å². The highest BCUT2D eigenvalue weighted by molar-refractivity contribution is 6.17. The second-order valence-electron chi connectivity index (χ2n) is 8.29. The molecule has 2 aliphatic rings. The average molecular weight is 436 g/mol. The maximum atomic E-state index is 14.2. The molecule has 33 heavy (non-hydrogen) atoms. The molecular formula is C27H20N2O4. The summed E-state index contributed by atoms with van der Waals surface area (Å²) < 4.78 is 6.02. The van der Waals surface area contributed by atoms with Gasteiger partial charge in [-0.25, -0.2) is 0 Å². The zero-order valence-electron chi connectivity index (χ0n) is 17.9. The van der Waals surface area contributed by atoms with Gasteiger partial charge in [-0.2, -0.15) is 0 Å². The van der Waals surface area contributed by atoms with Crippen molar-refractivity contribution in [2.45, 2.75) is 19.0 Å². The molecule has 0 fully saturated rings. The van der Waals surface area contributed by atoms with E-state index < -0.39 is 11.4 Å². The number of hydrogen-bond donors (Lipinski definition) is 0. The number of likely N-dealkylation sites (N-methyl/N-ethyl adjacent to an activating group) is 1. The Kier molecular flexibility index (Phi) is 4.08. The lowest BCUT2D eigenvalue weighted by Crippen LogP contribution is -2.53. The predicted octanol–water partition coefficient (Wildman–Crippen LogP) is 4.06. The van der Waals surface area contributed by atoms with Crippen LogP contribution in [0.5, 0.6) is 0 Å². The van der Waals surface area contributed by atoms with E-state index in [1.165, 1.54) is 4.90 Å². The lowest BCUT2D eigenvalue weighted by atomic mass is 9.83. The Labute approximate surface area is 189 Å². The largest absolute Gasteiger partial charge is 0.450 e. The van der Waals surface area contributed by atoms with Crippen LogP contribution in [0.3, 0.4) is 0 Å². The van der Waals surface area contributed by atoms with Crippen molar-refractivity contribution in [2.24, 2.45) is 0 Å². The molecule has 2 amide bonds. The molecule has 4 aromatic rings. The van der Waals surface area contributed by atoms with Crippen molar-refractivity contribution < 1.29 is 14.0 Å². The van der Waals surface area contributed by atoms with Crippen LogP contribution in [-0.2, 0) is 16.9 Å². The van der Waals surface area contributed by atoms with Gasteiger partial charge in [0, 0.05) is 18.7 Å². The van der Waals surface area contributed by atoms with Crippen LogP contribution in [0, 0.1) is 0 Å². The molecule has 3 heterocycles. The molecule has 1 aromatic heterocycles. The zero-order valence-corrected chi connectivity index (χ0v) is 17.9. The van der Waals surface area contributed by atoms with Crippen LogP contribution in [0.15, 0.2) is 88.1 Å². The second kappa shape index (κ2) is 6.90. The van der Waals surface area contributed by atoms with Gasteiger partial charge in [0.1, 0.15) is 5.58 Å². The van der Waals surface area contributed by atoms with Crippen LogP contribution in [0.2, 0.25) is 0 Å². The zero-order chi connectivity index (χ0) is 22.7. The molecular weight excluding hydrogens is 416 g/mol. The first-order chi connectivity index (χ1) is 16.1. The Bertz CT molecular complexity index is 1510. The summed E-state index contributed by atoms with van der Waals surface area (Å²) in [7, 11) is 0. The van der Waals surface area contributed by atoms with Gasteiger partial charge in [0.05, 0.1) is 16.6 Å². The number of para-hydroxylation sites is 2. The number of carbonyl (C=O) groups excluding carboxylic acids is 2. The van der Waals surface area contributed by atoms with E-state index in [-0.39, 0.29) is 29.2 Å². The molecule has 6 rings (SSSR count). The average Bonchev–Trinajstić information content (AvgIpc) is 3.24. The fraction of sp³-hybridized carbons (Fsp3) is 0.148. The van der Waals surface area contributed by atoms with Crippen LogP contribution < -0.4 is 10.3 Å². The number of nitrogens with zero attached hydrogens (tertiary/aromatic N) is 2. The minimum atomic E-state index is -1.57. The standard InChI is InChI=1S/C27H20N2O4/c1-2-28-20-14-8-7-13-19(20)27(26(28)32)22-23(30)18-12-6-9-15-21(18)33-24(22)25(31)29(27)16-17-10-4-3-5-11-17/h3-15H,2,16H2,1H3. The number of fused-ring (bicyclic) bond motifs is 5. The fourth-order valence-electron chi connectivity index (χ4n) is 5.24. The van der Waals surface area contributed by atoms with Gasteiger partial charge in [-0.1, -0.05) is 60.7 Å². The quantitative estimate of drug-likeness (QED) is 0.486. The summed E-state index contributed by atoms with van der Waals surface area (Å²) in [6.07, 6.45) is 0. The van der Waals surface area contributed by atoms with Crippen molar-refractivity contribution >= 4 is 28.5 Å². The Morgan fingerprint density at radius 3 is 2.33 bits per heavy atom. The third-order valence-electron chi connectivity index (χ3n) is 6.64. The van der Waals surface area contributed by atoms with Crippen molar-refractivity contribution in [1.29, 1.82) is 0 Å². The summed E-state index contributed by atoms with van der Waals surface area (Å²) in [4.78, 5) is 45.0. The highest BCUT2D eigenvalue weighted by atomic mass is 16.3. The van der Waals surface area contributed by atoms with Gasteiger partial charge < -0.3 is 14.2 Å². The van der Waals surface area contributed by atoms with Crippen LogP contribution in [0.4, 0.5) is 5.69 Å². The monoisotopic (exact) mass is 436 g/mol. The van der Waals surface area contributed by atoms with Crippen LogP contribution in [0.25, 0.3) is 11.0 Å². The maximum Gasteiger partial charge on any atom is 0.291 e. The number of carbonyl (C=O) groups is 2. The molecule has 3 aromatic carbocycles. The Morgan fingerprint density at radius 2 is 1.55 bits per heavy atom. The third kappa shape index (κ3) is 2.40. The van der Waals surface area contributed by atoms with Gasteiger partial charge in [0.15, 0.2) is 11.0 Å². The topological polar surface area (TPSA) is 70.8 Å². The predicted molar refractivity (Wildman–Crippen MR) is 124 cm³/mol. The molecule has 0 radical (unpaired) electrons. The molecule has 2 aliphatic heterocycles. The normalized spacial score (nSPS) is 18.9. The number of amides is 2. The van der Waals surface area contributed by atoms with E-state index in [0.717, 1.165) is 5.56 Å². The van der Waals surface area contributed by atoms with Crippen molar-refractivity contribution in [3.8, 4) is 0 Å². The Balaban J connectivity index is 1.73. The van der Waals surface area contributed by atoms with Gasteiger partial charge >= 0.3 is 0 Å². The summed E-state index contributed by atoms with van der Waals surface area (Å²) in [5, 5.41) is 0.352. The molecule has 0 saturated carbocycles. The lowest BCUT2D eigenvalue weighted by molar-refractivity contribution is -0.126. The van der Waals surface area contributed by atoms with Crippen LogP contribution >= 0.6 is 0 Å². The van der Waals surface area contributed by atoms with Crippen LogP contribution in [-0.4, -0.2) is 23.3 Å². The van der Waals surface area contributed by atoms with E-state index in [1.807, 2.05) is 61.5 Å². The molecule has 162 valence electrons. The van der Waals surface area contributed by atoms with E-state index in [0.29, 0.717) is 28.8 Å². The first kappa shape index (κ1) is 19.5. The number of rotatable bonds is 3. The van der Waals surface area contributed by atoms with Gasteiger partial charge in [-0.3, -0.25) is 14.4 Å². The molecule has 6 nitrogen and oxygen atoms in total. The van der Waals surface area contributed by atoms with E-state index in [4.69, 9.17) is 4.42 Å². The molecule has 1 spiro atoms. The van der Waals surface area contributed by atoms with E-state index >= 15 is 0 Å².